The molecule has 0 saturated carbocycles. The van der Waals surface area contributed by atoms with Crippen LogP contribution in [0, 0.1) is 5.82 Å². The zero-order valence-corrected chi connectivity index (χ0v) is 18.0. The molecule has 32 heavy (non-hydrogen) atoms. The number of anilines is 1. The minimum absolute atomic E-state index is 0.0885. The average Bonchev–Trinajstić information content (AvgIpc) is 3.31. The number of nitrogens with one attached hydrogen (secondary N) is 1. The number of benzene rings is 2. The van der Waals surface area contributed by atoms with Crippen molar-refractivity contribution in [2.45, 2.75) is 6.42 Å². The minimum Gasteiger partial charge on any atom is -0.494 e. The quantitative estimate of drug-likeness (QED) is 0.435. The monoisotopic (exact) mass is 451 g/mol. The van der Waals surface area contributed by atoms with Gasteiger partial charge in [0.2, 0.25) is 0 Å². The number of pyridine rings is 1. The predicted molar refractivity (Wildman–Crippen MR) is 119 cm³/mol. The topological polar surface area (TPSA) is 90.4 Å². The van der Waals surface area contributed by atoms with Gasteiger partial charge in [0.05, 0.1) is 19.8 Å². The first-order valence-corrected chi connectivity index (χ1v) is 10.4. The number of fused-ring (bicyclic) bond motifs is 1. The van der Waals surface area contributed by atoms with Crippen molar-refractivity contribution in [1.29, 1.82) is 0 Å². The maximum Gasteiger partial charge on any atom is 0.341 e. The van der Waals surface area contributed by atoms with Crippen LogP contribution in [0.2, 0.25) is 0 Å². The Hall–Kier alpha value is -3.85. The molecule has 0 aliphatic rings. The van der Waals surface area contributed by atoms with E-state index in [2.05, 4.69) is 15.3 Å². The van der Waals surface area contributed by atoms with Gasteiger partial charge in [-0.3, -0.25) is 15.1 Å². The van der Waals surface area contributed by atoms with Gasteiger partial charge in [0.25, 0.3) is 5.91 Å². The van der Waals surface area contributed by atoms with Gasteiger partial charge in [-0.2, -0.15) is 0 Å². The molecule has 2 aromatic heterocycles. The second-order valence-corrected chi connectivity index (χ2v) is 7.73. The number of hydrogen-bond donors (Lipinski definition) is 1. The van der Waals surface area contributed by atoms with Crippen molar-refractivity contribution in [3.63, 3.8) is 0 Å². The highest BCUT2D eigenvalue weighted by Gasteiger charge is 2.23. The number of esters is 1. The van der Waals surface area contributed by atoms with E-state index in [1.807, 2.05) is 6.07 Å². The summed E-state index contributed by atoms with van der Waals surface area (Å²) in [6.45, 7) is 0. The van der Waals surface area contributed by atoms with E-state index in [0.717, 1.165) is 11.1 Å². The third-order valence-electron chi connectivity index (χ3n) is 4.81. The van der Waals surface area contributed by atoms with Crippen LogP contribution in [0.15, 0.2) is 54.2 Å². The molecule has 0 bridgehead atoms. The van der Waals surface area contributed by atoms with Gasteiger partial charge in [0, 0.05) is 23.2 Å². The lowest BCUT2D eigenvalue weighted by Crippen LogP contribution is -2.15. The van der Waals surface area contributed by atoms with E-state index in [1.165, 1.54) is 43.8 Å². The first kappa shape index (κ1) is 21.4. The largest absolute Gasteiger partial charge is 0.494 e. The lowest BCUT2D eigenvalue weighted by atomic mass is 9.98. The molecule has 2 aromatic carbocycles. The Labute approximate surface area is 186 Å². The highest BCUT2D eigenvalue weighted by atomic mass is 32.1. The van der Waals surface area contributed by atoms with Crippen molar-refractivity contribution in [3.8, 4) is 5.75 Å². The number of methoxy groups -OCH3 is 2. The zero-order chi connectivity index (χ0) is 22.7. The Kier molecular flexibility index (Phi) is 6.09. The molecule has 1 amide bonds. The highest BCUT2D eigenvalue weighted by molar-refractivity contribution is 7.13. The summed E-state index contributed by atoms with van der Waals surface area (Å²) in [5.41, 5.74) is 2.36. The summed E-state index contributed by atoms with van der Waals surface area (Å²) in [5, 5.41) is 5.40. The molecule has 0 aliphatic carbocycles. The summed E-state index contributed by atoms with van der Waals surface area (Å²) in [6.07, 6.45) is 3.70. The molecule has 0 atom stereocenters. The summed E-state index contributed by atoms with van der Waals surface area (Å²) in [5.74, 6) is -1.19. The molecule has 0 radical (unpaired) electrons. The molecule has 4 rings (SSSR count). The van der Waals surface area contributed by atoms with Gasteiger partial charge < -0.3 is 9.47 Å². The van der Waals surface area contributed by atoms with Crippen LogP contribution in [0.4, 0.5) is 9.52 Å². The van der Waals surface area contributed by atoms with Crippen molar-refractivity contribution < 1.29 is 23.5 Å². The van der Waals surface area contributed by atoms with Gasteiger partial charge in [-0.15, -0.1) is 11.3 Å². The van der Waals surface area contributed by atoms with E-state index in [4.69, 9.17) is 9.47 Å². The van der Waals surface area contributed by atoms with Gasteiger partial charge >= 0.3 is 5.97 Å². The first-order chi connectivity index (χ1) is 15.5. The molecule has 1 N–H and O–H groups in total. The van der Waals surface area contributed by atoms with E-state index in [1.54, 1.807) is 29.9 Å². The molecule has 162 valence electrons. The van der Waals surface area contributed by atoms with Crippen LogP contribution in [0.3, 0.4) is 0 Å². The van der Waals surface area contributed by atoms with E-state index in [0.29, 0.717) is 22.5 Å². The molecule has 9 heteroatoms. The standard InChI is InChI=1S/C23H18FN3O4S/c1-30-20-18(22(29)31-2)11-17(21(28)27-23-25-7-8-32-23)16-10-14(12-26-19(16)20)9-13-3-5-15(24)6-4-13/h3-8,10-12H,9H2,1-2H3,(H,25,27,28). The van der Waals surface area contributed by atoms with Gasteiger partial charge in [-0.25, -0.2) is 14.2 Å². The minimum atomic E-state index is -0.649. The number of hydrogen-bond acceptors (Lipinski definition) is 7. The van der Waals surface area contributed by atoms with Crippen molar-refractivity contribution in [3.05, 3.63) is 82.2 Å². The van der Waals surface area contributed by atoms with Crippen LogP contribution in [0.25, 0.3) is 10.9 Å². The number of rotatable bonds is 6. The number of carbonyl (C=O) groups excluding carboxylic acids is 2. The summed E-state index contributed by atoms with van der Waals surface area (Å²) in [4.78, 5) is 34.0. The molecular formula is C23H18FN3O4S. The summed E-state index contributed by atoms with van der Waals surface area (Å²) < 4.78 is 23.5. The lowest BCUT2D eigenvalue weighted by molar-refractivity contribution is 0.0597. The van der Waals surface area contributed by atoms with Crippen molar-refractivity contribution in [2.75, 3.05) is 19.5 Å². The van der Waals surface area contributed by atoms with Crippen LogP contribution in [0.5, 0.6) is 5.75 Å². The molecular weight excluding hydrogens is 433 g/mol. The second-order valence-electron chi connectivity index (χ2n) is 6.83. The van der Waals surface area contributed by atoms with Gasteiger partial charge in [-0.05, 0) is 41.8 Å². The number of halogens is 1. The van der Waals surface area contributed by atoms with Crippen molar-refractivity contribution >= 4 is 39.2 Å². The Morgan fingerprint density at radius 1 is 1.06 bits per heavy atom. The Balaban J connectivity index is 1.85. The zero-order valence-electron chi connectivity index (χ0n) is 17.2. The molecule has 2 heterocycles. The maximum absolute atomic E-state index is 13.2. The maximum atomic E-state index is 13.2. The molecule has 4 aromatic rings. The second kappa shape index (κ2) is 9.11. The lowest BCUT2D eigenvalue weighted by Gasteiger charge is -2.14. The van der Waals surface area contributed by atoms with E-state index in [9.17, 15) is 14.0 Å². The third-order valence-corrected chi connectivity index (χ3v) is 5.50. The van der Waals surface area contributed by atoms with Crippen LogP contribution in [-0.2, 0) is 11.2 Å². The van der Waals surface area contributed by atoms with E-state index in [-0.39, 0.29) is 22.7 Å². The SMILES string of the molecule is COC(=O)c1cc(C(=O)Nc2nccs2)c2cc(Cc3ccc(F)cc3)cnc2c1OC. The Bertz CT molecular complexity index is 1290. The van der Waals surface area contributed by atoms with Crippen molar-refractivity contribution in [2.24, 2.45) is 0 Å². The number of aromatic nitrogens is 2. The number of thiazole rings is 1. The predicted octanol–water partition coefficient (Wildman–Crippen LogP) is 4.47. The van der Waals surface area contributed by atoms with Crippen LogP contribution < -0.4 is 10.1 Å². The fourth-order valence-electron chi connectivity index (χ4n) is 3.35. The molecule has 0 unspecified atom stereocenters. The molecule has 0 spiro atoms. The molecule has 7 nitrogen and oxygen atoms in total. The summed E-state index contributed by atoms with van der Waals surface area (Å²) in [7, 11) is 2.67. The fraction of sp³-hybridized carbons (Fsp3) is 0.130. The third kappa shape index (κ3) is 4.28. The van der Waals surface area contributed by atoms with Gasteiger partial charge in [-0.1, -0.05) is 12.1 Å². The van der Waals surface area contributed by atoms with E-state index >= 15 is 0 Å². The van der Waals surface area contributed by atoms with Crippen LogP contribution >= 0.6 is 11.3 Å². The van der Waals surface area contributed by atoms with Gasteiger partial charge in [0.15, 0.2) is 10.9 Å². The molecule has 0 aliphatic heterocycles. The highest BCUT2D eigenvalue weighted by Crippen LogP contribution is 2.33. The summed E-state index contributed by atoms with van der Waals surface area (Å²) >= 11 is 1.27. The number of ether oxygens (including phenoxy) is 2. The van der Waals surface area contributed by atoms with E-state index < -0.39 is 11.9 Å². The van der Waals surface area contributed by atoms with Crippen LogP contribution in [-0.4, -0.2) is 36.1 Å². The number of amides is 1. The molecule has 0 fully saturated rings. The number of nitrogens with zero attached hydrogens (tertiary/aromatic N) is 2. The average molecular weight is 451 g/mol. The first-order valence-electron chi connectivity index (χ1n) is 9.53. The smallest absolute Gasteiger partial charge is 0.341 e. The number of carbonyl (C=O) groups is 2. The Morgan fingerprint density at radius 3 is 2.50 bits per heavy atom. The van der Waals surface area contributed by atoms with Crippen molar-refractivity contribution in [1.82, 2.24) is 9.97 Å². The molecule has 0 saturated heterocycles. The Morgan fingerprint density at radius 2 is 1.84 bits per heavy atom. The van der Waals surface area contributed by atoms with Gasteiger partial charge in [0.1, 0.15) is 16.9 Å². The van der Waals surface area contributed by atoms with Crippen LogP contribution in [0.1, 0.15) is 31.8 Å². The fourth-order valence-corrected chi connectivity index (χ4v) is 3.87. The normalized spacial score (nSPS) is 10.7. The summed E-state index contributed by atoms with van der Waals surface area (Å²) in [6, 6.07) is 9.41.